The van der Waals surface area contributed by atoms with E-state index in [0.29, 0.717) is 10.5 Å². The van der Waals surface area contributed by atoms with Crippen LogP contribution in [0.3, 0.4) is 0 Å². The number of rotatable bonds is 6. The number of halogens is 4. The highest BCUT2D eigenvalue weighted by atomic mass is 79.9. The lowest BCUT2D eigenvalue weighted by Crippen LogP contribution is -2.48. The number of alkyl halides is 4. The van der Waals surface area contributed by atoms with Gasteiger partial charge < -0.3 is 10.0 Å². The molecule has 1 aromatic rings. The van der Waals surface area contributed by atoms with E-state index in [4.69, 9.17) is 5.11 Å². The van der Waals surface area contributed by atoms with E-state index < -0.39 is 29.6 Å². The second kappa shape index (κ2) is 7.64. The molecule has 1 amide bonds. The van der Waals surface area contributed by atoms with Crippen LogP contribution in [-0.2, 0) is 11.3 Å². The predicted molar refractivity (Wildman–Crippen MR) is 72.3 cm³/mol. The number of benzene rings is 1. The van der Waals surface area contributed by atoms with Crippen LogP contribution in [0.5, 0.6) is 0 Å². The Balaban J connectivity index is 2.94. The summed E-state index contributed by atoms with van der Waals surface area (Å²) in [7, 11) is 0. The zero-order valence-corrected chi connectivity index (χ0v) is 12.3. The van der Waals surface area contributed by atoms with Crippen molar-refractivity contribution >= 4 is 21.8 Å². The Labute approximate surface area is 123 Å². The second-order valence-electron chi connectivity index (χ2n) is 4.27. The van der Waals surface area contributed by atoms with Gasteiger partial charge in [-0.15, -0.1) is 0 Å². The maximum atomic E-state index is 14.0. The molecule has 0 heterocycles. The van der Waals surface area contributed by atoms with E-state index in [0.717, 1.165) is 0 Å². The second-order valence-corrected chi connectivity index (χ2v) is 5.64. The van der Waals surface area contributed by atoms with Crippen LogP contribution in [0.2, 0.25) is 0 Å². The largest absolute Gasteiger partial charge is 0.382 e. The van der Waals surface area contributed by atoms with Crippen molar-refractivity contribution in [2.75, 3.05) is 0 Å². The molecule has 1 aromatic carbocycles. The Kier molecular flexibility index (Phi) is 6.48. The van der Waals surface area contributed by atoms with Gasteiger partial charge in [-0.25, -0.2) is 13.2 Å². The Morgan fingerprint density at radius 3 is 2.30 bits per heavy atom. The number of carbonyl (C=O) groups is 1. The molecule has 0 bridgehead atoms. The molecule has 7 heteroatoms. The summed E-state index contributed by atoms with van der Waals surface area (Å²) >= 11 is 2.98. The maximum absolute atomic E-state index is 14.0. The first-order valence-corrected chi connectivity index (χ1v) is 6.85. The zero-order chi connectivity index (χ0) is 15.3. The minimum Gasteiger partial charge on any atom is -0.382 e. The van der Waals surface area contributed by atoms with Gasteiger partial charge in [0.25, 0.3) is 6.43 Å². The van der Waals surface area contributed by atoms with Crippen molar-refractivity contribution in [3.63, 3.8) is 0 Å². The highest BCUT2D eigenvalue weighted by Crippen LogP contribution is 2.19. The van der Waals surface area contributed by atoms with Crippen molar-refractivity contribution in [3.8, 4) is 0 Å². The smallest absolute Gasteiger partial charge is 0.268 e. The third-order valence-electron chi connectivity index (χ3n) is 2.66. The van der Waals surface area contributed by atoms with Crippen molar-refractivity contribution in [3.05, 3.63) is 35.9 Å². The molecule has 0 radical (unpaired) electrons. The summed E-state index contributed by atoms with van der Waals surface area (Å²) in [5, 5.41) is 9.14. The van der Waals surface area contributed by atoms with Crippen LogP contribution in [0.15, 0.2) is 30.3 Å². The van der Waals surface area contributed by atoms with Gasteiger partial charge in [0, 0.05) is 6.54 Å². The number of hydrogen-bond acceptors (Lipinski definition) is 2. The molecule has 0 aliphatic carbocycles. The van der Waals surface area contributed by atoms with E-state index in [-0.39, 0.29) is 6.54 Å². The van der Waals surface area contributed by atoms with E-state index in [1.165, 1.54) is 6.92 Å². The molecule has 112 valence electrons. The fraction of sp³-hybridized carbons (Fsp3) is 0.462. The minimum absolute atomic E-state index is 0.194. The molecular weight excluding hydrogens is 339 g/mol. The van der Waals surface area contributed by atoms with Crippen molar-refractivity contribution < 1.29 is 23.1 Å². The van der Waals surface area contributed by atoms with Gasteiger partial charge in [-0.2, -0.15) is 0 Å². The van der Waals surface area contributed by atoms with Crippen LogP contribution in [0.1, 0.15) is 12.5 Å². The van der Waals surface area contributed by atoms with Gasteiger partial charge in [0.2, 0.25) is 12.2 Å². The molecule has 0 saturated heterocycles. The monoisotopic (exact) mass is 353 g/mol. The van der Waals surface area contributed by atoms with Gasteiger partial charge in [0.05, 0.1) is 4.83 Å². The highest BCUT2D eigenvalue weighted by Gasteiger charge is 2.36. The van der Waals surface area contributed by atoms with Crippen LogP contribution in [0, 0.1) is 0 Å². The molecule has 0 saturated carbocycles. The van der Waals surface area contributed by atoms with Gasteiger partial charge in [-0.3, -0.25) is 4.79 Å². The summed E-state index contributed by atoms with van der Waals surface area (Å²) < 4.78 is 38.8. The van der Waals surface area contributed by atoms with Crippen molar-refractivity contribution in [1.82, 2.24) is 4.90 Å². The lowest BCUT2D eigenvalue weighted by Gasteiger charge is -2.30. The zero-order valence-electron chi connectivity index (χ0n) is 10.7. The number of amides is 1. The predicted octanol–water partition coefficient (Wildman–Crippen LogP) is 2.72. The van der Waals surface area contributed by atoms with Crippen LogP contribution in [-0.4, -0.2) is 39.6 Å². The van der Waals surface area contributed by atoms with Gasteiger partial charge in [-0.05, 0) is 12.5 Å². The van der Waals surface area contributed by atoms with E-state index in [1.807, 2.05) is 0 Å². The molecule has 1 N–H and O–H groups in total. The lowest BCUT2D eigenvalue weighted by molar-refractivity contribution is -0.150. The Bertz CT molecular complexity index is 431. The molecule has 2 unspecified atom stereocenters. The standard InChI is InChI=1S/C13H15BrF3NO2/c1-8(14)13(20)18(12(17)10(19)11(15)16)7-9-5-3-2-4-6-9/h2-6,8,10-12,19H,7H2,1H3/t8?,10?,12-/m0/s1. The number of carbonyl (C=O) groups excluding carboxylic acids is 1. The number of aliphatic hydroxyl groups excluding tert-OH is 1. The summed E-state index contributed by atoms with van der Waals surface area (Å²) in [4.78, 5) is 11.8. The normalized spacial score (nSPS) is 15.8. The summed E-state index contributed by atoms with van der Waals surface area (Å²) in [6, 6.07) is 8.39. The molecule has 0 aliphatic heterocycles. The van der Waals surface area contributed by atoms with Crippen molar-refractivity contribution in [2.45, 2.75) is 37.1 Å². The molecule has 0 spiro atoms. The maximum Gasteiger partial charge on any atom is 0.268 e. The number of nitrogens with zero attached hydrogens (tertiary/aromatic N) is 1. The molecule has 3 nitrogen and oxygen atoms in total. The van der Waals surface area contributed by atoms with Crippen LogP contribution in [0.25, 0.3) is 0 Å². The fourth-order valence-electron chi connectivity index (χ4n) is 1.60. The summed E-state index contributed by atoms with van der Waals surface area (Å²) in [6.45, 7) is 1.27. The Morgan fingerprint density at radius 1 is 1.30 bits per heavy atom. The van der Waals surface area contributed by atoms with Gasteiger partial charge in [0.1, 0.15) is 0 Å². The molecule has 0 aromatic heterocycles. The van der Waals surface area contributed by atoms with Gasteiger partial charge >= 0.3 is 0 Å². The van der Waals surface area contributed by atoms with Gasteiger partial charge in [0.15, 0.2) is 6.10 Å². The first-order chi connectivity index (χ1) is 9.34. The van der Waals surface area contributed by atoms with Crippen LogP contribution in [0.4, 0.5) is 13.2 Å². The average molecular weight is 354 g/mol. The molecule has 3 atom stereocenters. The molecule has 1 rings (SSSR count). The SMILES string of the molecule is CC(Br)C(=O)N(Cc1ccccc1)[C@H](F)C(O)C(F)F. The quantitative estimate of drug-likeness (QED) is 0.631. The van der Waals surface area contributed by atoms with E-state index in [2.05, 4.69) is 15.9 Å². The Hall–Kier alpha value is -1.08. The van der Waals surface area contributed by atoms with Crippen molar-refractivity contribution in [1.29, 1.82) is 0 Å². The molecule has 0 aliphatic rings. The Morgan fingerprint density at radius 2 is 1.85 bits per heavy atom. The van der Waals surface area contributed by atoms with Gasteiger partial charge in [-0.1, -0.05) is 46.3 Å². The molecular formula is C13H15BrF3NO2. The number of hydrogen-bond donors (Lipinski definition) is 1. The minimum atomic E-state index is -3.26. The fourth-order valence-corrected chi connectivity index (χ4v) is 1.86. The summed E-state index contributed by atoms with van der Waals surface area (Å²) in [5.74, 6) is -0.707. The van der Waals surface area contributed by atoms with Crippen molar-refractivity contribution in [2.24, 2.45) is 0 Å². The van der Waals surface area contributed by atoms with E-state index in [9.17, 15) is 18.0 Å². The first kappa shape index (κ1) is 17.0. The topological polar surface area (TPSA) is 40.5 Å². The molecule has 20 heavy (non-hydrogen) atoms. The average Bonchev–Trinajstić information content (AvgIpc) is 2.43. The number of aliphatic hydroxyl groups is 1. The third kappa shape index (κ3) is 4.49. The summed E-state index contributed by atoms with van der Waals surface area (Å²) in [6.07, 6.45) is -8.27. The first-order valence-electron chi connectivity index (χ1n) is 5.93. The van der Waals surface area contributed by atoms with E-state index in [1.54, 1.807) is 30.3 Å². The van der Waals surface area contributed by atoms with Crippen LogP contribution >= 0.6 is 15.9 Å². The third-order valence-corrected chi connectivity index (χ3v) is 3.05. The summed E-state index contributed by atoms with van der Waals surface area (Å²) in [5.41, 5.74) is 0.582. The lowest BCUT2D eigenvalue weighted by atomic mass is 10.2. The molecule has 0 fully saturated rings. The van der Waals surface area contributed by atoms with E-state index >= 15 is 0 Å². The van der Waals surface area contributed by atoms with Crippen LogP contribution < -0.4 is 0 Å². The highest BCUT2D eigenvalue weighted by molar-refractivity contribution is 9.10.